The van der Waals surface area contributed by atoms with Crippen LogP contribution in [0.4, 0.5) is 5.69 Å². The SMILES string of the molecule is COc1ccc([C@H](C)NC(=O)CN(c2c(C)cc(C)cc2C)S(C)(=O)=O)cc1. The lowest BCUT2D eigenvalue weighted by atomic mass is 10.1. The first kappa shape index (κ1) is 21.8. The monoisotopic (exact) mass is 404 g/mol. The highest BCUT2D eigenvalue weighted by Crippen LogP contribution is 2.28. The largest absolute Gasteiger partial charge is 0.497 e. The van der Waals surface area contributed by atoms with Crippen molar-refractivity contribution in [3.05, 3.63) is 58.7 Å². The summed E-state index contributed by atoms with van der Waals surface area (Å²) >= 11 is 0. The van der Waals surface area contributed by atoms with Gasteiger partial charge in [-0.2, -0.15) is 0 Å². The summed E-state index contributed by atoms with van der Waals surface area (Å²) in [5.74, 6) is 0.365. The van der Waals surface area contributed by atoms with E-state index in [0.29, 0.717) is 5.69 Å². The standard InChI is InChI=1S/C21H28N2O4S/c1-14-11-15(2)21(16(3)12-14)23(28(6,25)26)13-20(24)22-17(4)18-7-9-19(27-5)10-8-18/h7-12,17H,13H2,1-6H3,(H,22,24)/t17-/m0/s1. The Labute approximate surface area is 167 Å². The second kappa shape index (κ2) is 8.65. The molecule has 0 spiro atoms. The Morgan fingerprint density at radius 2 is 1.64 bits per heavy atom. The molecule has 0 heterocycles. The number of rotatable bonds is 7. The number of ether oxygens (including phenoxy) is 1. The minimum absolute atomic E-state index is 0.264. The first-order chi connectivity index (χ1) is 13.0. The number of sulfonamides is 1. The Hall–Kier alpha value is -2.54. The van der Waals surface area contributed by atoms with Crippen LogP contribution in [0.3, 0.4) is 0 Å². The number of nitrogens with zero attached hydrogens (tertiary/aromatic N) is 1. The molecule has 0 bridgehead atoms. The smallest absolute Gasteiger partial charge is 0.241 e. The number of methoxy groups -OCH3 is 1. The molecule has 0 aromatic heterocycles. The summed E-state index contributed by atoms with van der Waals surface area (Å²) in [7, 11) is -2.03. The minimum atomic E-state index is -3.62. The first-order valence-corrected chi connectivity index (χ1v) is 10.9. The molecule has 0 saturated heterocycles. The van der Waals surface area contributed by atoms with Crippen molar-refractivity contribution in [1.29, 1.82) is 0 Å². The molecular formula is C21H28N2O4S. The van der Waals surface area contributed by atoms with E-state index in [1.165, 1.54) is 4.31 Å². The Balaban J connectivity index is 2.22. The summed E-state index contributed by atoms with van der Waals surface area (Å²) in [6.07, 6.45) is 1.12. The van der Waals surface area contributed by atoms with Crippen molar-refractivity contribution in [2.75, 3.05) is 24.2 Å². The van der Waals surface area contributed by atoms with Gasteiger partial charge in [0, 0.05) is 0 Å². The van der Waals surface area contributed by atoms with E-state index in [4.69, 9.17) is 4.74 Å². The summed E-state index contributed by atoms with van der Waals surface area (Å²) in [5.41, 5.74) is 4.14. The van der Waals surface area contributed by atoms with E-state index < -0.39 is 10.0 Å². The van der Waals surface area contributed by atoms with Crippen molar-refractivity contribution in [2.45, 2.75) is 33.7 Å². The highest BCUT2D eigenvalue weighted by Gasteiger charge is 2.25. The van der Waals surface area contributed by atoms with E-state index in [-0.39, 0.29) is 18.5 Å². The zero-order chi connectivity index (χ0) is 21.1. The number of benzene rings is 2. The van der Waals surface area contributed by atoms with Crippen LogP contribution < -0.4 is 14.4 Å². The summed E-state index contributed by atoms with van der Waals surface area (Å²) in [6, 6.07) is 10.9. The lowest BCUT2D eigenvalue weighted by Gasteiger charge is -2.26. The van der Waals surface area contributed by atoms with E-state index in [2.05, 4.69) is 5.32 Å². The van der Waals surface area contributed by atoms with Crippen molar-refractivity contribution in [3.63, 3.8) is 0 Å². The second-order valence-corrected chi connectivity index (χ2v) is 8.99. The molecule has 2 aromatic rings. The molecule has 28 heavy (non-hydrogen) atoms. The average Bonchev–Trinajstić information content (AvgIpc) is 2.59. The number of nitrogens with one attached hydrogen (secondary N) is 1. The van der Waals surface area contributed by atoms with Crippen molar-refractivity contribution < 1.29 is 17.9 Å². The molecule has 6 nitrogen and oxygen atoms in total. The predicted octanol–water partition coefficient (Wildman–Crippen LogP) is 3.26. The number of anilines is 1. The van der Waals surface area contributed by atoms with Crippen LogP contribution >= 0.6 is 0 Å². The average molecular weight is 405 g/mol. The summed E-state index contributed by atoms with van der Waals surface area (Å²) in [4.78, 5) is 12.6. The maximum atomic E-state index is 12.6. The van der Waals surface area contributed by atoms with E-state index in [1.807, 2.05) is 64.1 Å². The van der Waals surface area contributed by atoms with Gasteiger partial charge in [0.25, 0.3) is 0 Å². The van der Waals surface area contributed by atoms with Crippen LogP contribution in [0.15, 0.2) is 36.4 Å². The van der Waals surface area contributed by atoms with Gasteiger partial charge < -0.3 is 10.1 Å². The lowest BCUT2D eigenvalue weighted by molar-refractivity contribution is -0.120. The fourth-order valence-electron chi connectivity index (χ4n) is 3.32. The van der Waals surface area contributed by atoms with Crippen LogP contribution in [0, 0.1) is 20.8 Å². The van der Waals surface area contributed by atoms with Crippen LogP contribution in [-0.4, -0.2) is 34.2 Å². The number of hydrogen-bond donors (Lipinski definition) is 1. The topological polar surface area (TPSA) is 75.7 Å². The number of amides is 1. The fraction of sp³-hybridized carbons (Fsp3) is 0.381. The van der Waals surface area contributed by atoms with Gasteiger partial charge in [0.1, 0.15) is 12.3 Å². The second-order valence-electron chi connectivity index (χ2n) is 7.08. The Morgan fingerprint density at radius 1 is 1.11 bits per heavy atom. The zero-order valence-electron chi connectivity index (χ0n) is 17.2. The Kier molecular flexibility index (Phi) is 6.72. The van der Waals surface area contributed by atoms with Crippen LogP contribution in [-0.2, 0) is 14.8 Å². The van der Waals surface area contributed by atoms with Gasteiger partial charge in [-0.05, 0) is 56.5 Å². The molecule has 0 aliphatic heterocycles. The van der Waals surface area contributed by atoms with Gasteiger partial charge >= 0.3 is 0 Å². The lowest BCUT2D eigenvalue weighted by Crippen LogP contribution is -2.41. The zero-order valence-corrected chi connectivity index (χ0v) is 18.1. The van der Waals surface area contributed by atoms with Crippen LogP contribution in [0.2, 0.25) is 0 Å². The summed E-state index contributed by atoms with van der Waals surface area (Å²) < 4.78 is 31.1. The van der Waals surface area contributed by atoms with E-state index in [1.54, 1.807) is 7.11 Å². The highest BCUT2D eigenvalue weighted by atomic mass is 32.2. The quantitative estimate of drug-likeness (QED) is 0.769. The van der Waals surface area contributed by atoms with Crippen molar-refractivity contribution in [3.8, 4) is 5.75 Å². The molecule has 2 aromatic carbocycles. The van der Waals surface area contributed by atoms with Gasteiger partial charge in [0.2, 0.25) is 15.9 Å². The van der Waals surface area contributed by atoms with Gasteiger partial charge in [0.05, 0.1) is 25.1 Å². The fourth-order valence-corrected chi connectivity index (χ4v) is 4.29. The predicted molar refractivity (Wildman–Crippen MR) is 112 cm³/mol. The maximum Gasteiger partial charge on any atom is 0.241 e. The number of hydrogen-bond acceptors (Lipinski definition) is 4. The van der Waals surface area contributed by atoms with Gasteiger partial charge in [-0.3, -0.25) is 9.10 Å². The van der Waals surface area contributed by atoms with Crippen molar-refractivity contribution >= 4 is 21.6 Å². The van der Waals surface area contributed by atoms with Gasteiger partial charge in [-0.1, -0.05) is 29.8 Å². The molecule has 7 heteroatoms. The number of aryl methyl sites for hydroxylation is 3. The van der Waals surface area contributed by atoms with Crippen molar-refractivity contribution in [2.24, 2.45) is 0 Å². The van der Waals surface area contributed by atoms with Gasteiger partial charge in [-0.25, -0.2) is 8.42 Å². The molecule has 1 atom stereocenters. The molecule has 0 fully saturated rings. The van der Waals surface area contributed by atoms with Gasteiger partial charge in [-0.15, -0.1) is 0 Å². The minimum Gasteiger partial charge on any atom is -0.497 e. The van der Waals surface area contributed by atoms with E-state index in [0.717, 1.165) is 34.3 Å². The molecule has 1 N–H and O–H groups in total. The Morgan fingerprint density at radius 3 is 2.11 bits per heavy atom. The number of carbonyl (C=O) groups excluding carboxylic acids is 1. The van der Waals surface area contributed by atoms with Crippen molar-refractivity contribution in [1.82, 2.24) is 5.32 Å². The summed E-state index contributed by atoms with van der Waals surface area (Å²) in [6.45, 7) is 7.24. The maximum absolute atomic E-state index is 12.6. The molecule has 152 valence electrons. The molecular weight excluding hydrogens is 376 g/mol. The molecule has 2 rings (SSSR count). The third-order valence-corrected chi connectivity index (χ3v) is 5.68. The molecule has 0 radical (unpaired) electrons. The van der Waals surface area contributed by atoms with Crippen LogP contribution in [0.1, 0.15) is 35.2 Å². The van der Waals surface area contributed by atoms with Crippen LogP contribution in [0.25, 0.3) is 0 Å². The third kappa shape index (κ3) is 5.25. The molecule has 0 saturated carbocycles. The molecule has 1 amide bonds. The van der Waals surface area contributed by atoms with E-state index >= 15 is 0 Å². The molecule has 0 aliphatic rings. The van der Waals surface area contributed by atoms with Crippen LogP contribution in [0.5, 0.6) is 5.75 Å². The number of carbonyl (C=O) groups is 1. The van der Waals surface area contributed by atoms with E-state index in [9.17, 15) is 13.2 Å². The van der Waals surface area contributed by atoms with Gasteiger partial charge in [0.15, 0.2) is 0 Å². The highest BCUT2D eigenvalue weighted by molar-refractivity contribution is 7.92. The first-order valence-electron chi connectivity index (χ1n) is 9.01. The molecule has 0 aliphatic carbocycles. The molecule has 0 unspecified atom stereocenters. The Bertz CT molecular complexity index is 930. The normalized spacial score (nSPS) is 12.4. The summed E-state index contributed by atoms with van der Waals surface area (Å²) in [5, 5.41) is 2.87. The third-order valence-electron chi connectivity index (χ3n) is 4.57.